The zero-order valence-corrected chi connectivity index (χ0v) is 12.3. The summed E-state index contributed by atoms with van der Waals surface area (Å²) in [6, 6.07) is 1.46. The third-order valence-electron chi connectivity index (χ3n) is 3.16. The van der Waals surface area contributed by atoms with Crippen LogP contribution in [0.25, 0.3) is 5.65 Å². The molecule has 0 aliphatic carbocycles. The molecule has 0 radical (unpaired) electrons. The van der Waals surface area contributed by atoms with E-state index in [1.807, 2.05) is 18.9 Å². The van der Waals surface area contributed by atoms with E-state index in [-0.39, 0.29) is 5.69 Å². The van der Waals surface area contributed by atoms with Crippen molar-refractivity contribution < 1.29 is 9.90 Å². The number of aromatic carboxylic acids is 1. The zero-order chi connectivity index (χ0) is 15.0. The molecule has 0 aliphatic rings. The van der Waals surface area contributed by atoms with E-state index in [0.29, 0.717) is 18.1 Å². The van der Waals surface area contributed by atoms with Crippen LogP contribution in [-0.4, -0.2) is 37.5 Å². The molecule has 1 N–H and O–H groups in total. The van der Waals surface area contributed by atoms with Crippen LogP contribution in [0.3, 0.4) is 0 Å². The fraction of sp³-hybridized carbons (Fsp3) is 0.231. The maximum Gasteiger partial charge on any atom is 0.354 e. The van der Waals surface area contributed by atoms with Crippen molar-refractivity contribution in [2.45, 2.75) is 13.5 Å². The third kappa shape index (κ3) is 2.45. The van der Waals surface area contributed by atoms with Crippen molar-refractivity contribution in [1.82, 2.24) is 19.4 Å². The maximum absolute atomic E-state index is 11.2. The highest BCUT2D eigenvalue weighted by Gasteiger charge is 2.15. The van der Waals surface area contributed by atoms with Gasteiger partial charge < -0.3 is 10.0 Å². The van der Waals surface area contributed by atoms with Crippen LogP contribution in [0.15, 0.2) is 24.0 Å². The summed E-state index contributed by atoms with van der Waals surface area (Å²) in [6.45, 7) is 2.56. The van der Waals surface area contributed by atoms with E-state index in [4.69, 9.17) is 5.11 Å². The van der Waals surface area contributed by atoms with Gasteiger partial charge in [-0.3, -0.25) is 4.40 Å². The van der Waals surface area contributed by atoms with Gasteiger partial charge in [0.05, 0.1) is 17.7 Å². The fourth-order valence-electron chi connectivity index (χ4n) is 2.05. The quantitative estimate of drug-likeness (QED) is 0.791. The summed E-state index contributed by atoms with van der Waals surface area (Å²) in [5.41, 5.74) is 3.32. The molecule has 21 heavy (non-hydrogen) atoms. The van der Waals surface area contributed by atoms with Crippen LogP contribution in [0.2, 0.25) is 0 Å². The van der Waals surface area contributed by atoms with Crippen molar-refractivity contribution in [3.63, 3.8) is 0 Å². The van der Waals surface area contributed by atoms with Gasteiger partial charge in [-0.1, -0.05) is 0 Å². The first-order valence-corrected chi connectivity index (χ1v) is 7.11. The van der Waals surface area contributed by atoms with Gasteiger partial charge in [-0.2, -0.15) is 0 Å². The number of fused-ring (bicyclic) bond motifs is 1. The van der Waals surface area contributed by atoms with E-state index < -0.39 is 5.97 Å². The second-order valence-corrected chi connectivity index (χ2v) is 5.56. The largest absolute Gasteiger partial charge is 0.477 e. The minimum absolute atomic E-state index is 0.0171. The predicted molar refractivity (Wildman–Crippen MR) is 78.9 cm³/mol. The minimum Gasteiger partial charge on any atom is -0.477 e. The Morgan fingerprint density at radius 2 is 2.29 bits per heavy atom. The van der Waals surface area contributed by atoms with Crippen LogP contribution in [0.5, 0.6) is 0 Å². The van der Waals surface area contributed by atoms with Crippen molar-refractivity contribution in [2.24, 2.45) is 0 Å². The molecule has 0 unspecified atom stereocenters. The van der Waals surface area contributed by atoms with Gasteiger partial charge in [-0.25, -0.2) is 19.7 Å². The molecule has 3 heterocycles. The molecule has 0 aromatic carbocycles. The highest BCUT2D eigenvalue weighted by atomic mass is 32.1. The number of aryl methyl sites for hydroxylation is 1. The number of carboxylic acid groups (broad SMARTS) is 1. The third-order valence-corrected chi connectivity index (χ3v) is 4.08. The lowest BCUT2D eigenvalue weighted by Gasteiger charge is -2.19. The first kappa shape index (κ1) is 13.5. The first-order valence-electron chi connectivity index (χ1n) is 6.24. The summed E-state index contributed by atoms with van der Waals surface area (Å²) in [6.07, 6.45) is 3.39. The normalized spacial score (nSPS) is 11.0. The Hall–Kier alpha value is -2.48. The zero-order valence-electron chi connectivity index (χ0n) is 11.5. The van der Waals surface area contributed by atoms with E-state index in [1.165, 1.54) is 6.07 Å². The van der Waals surface area contributed by atoms with Gasteiger partial charge in [0.25, 0.3) is 0 Å². The monoisotopic (exact) mass is 303 g/mol. The Labute approximate surface area is 124 Å². The molecule has 3 aromatic heterocycles. The number of hydrogen-bond donors (Lipinski definition) is 1. The lowest BCUT2D eigenvalue weighted by molar-refractivity contribution is 0.0690. The smallest absolute Gasteiger partial charge is 0.354 e. The Morgan fingerprint density at radius 3 is 2.95 bits per heavy atom. The minimum atomic E-state index is -1.07. The topological polar surface area (TPSA) is 83.6 Å². The van der Waals surface area contributed by atoms with E-state index in [9.17, 15) is 4.79 Å². The summed E-state index contributed by atoms with van der Waals surface area (Å²) >= 11 is 1.57. The van der Waals surface area contributed by atoms with Crippen LogP contribution < -0.4 is 4.90 Å². The summed E-state index contributed by atoms with van der Waals surface area (Å²) in [4.78, 5) is 26.8. The predicted octanol–water partition coefficient (Wildman–Crippen LogP) is 1.83. The van der Waals surface area contributed by atoms with Crippen molar-refractivity contribution in [2.75, 3.05) is 11.9 Å². The standard InChI is InChI=1S/C13H13N5O2S/c1-8-10(21-7-15-8)6-17(2)13-16-9(12(19)20)5-11-14-3-4-18(11)13/h3-5,7H,6H2,1-2H3,(H,19,20). The molecule has 0 saturated heterocycles. The number of imidazole rings is 1. The molecule has 0 spiro atoms. The lowest BCUT2D eigenvalue weighted by Crippen LogP contribution is -2.21. The summed E-state index contributed by atoms with van der Waals surface area (Å²) < 4.78 is 1.77. The number of carbonyl (C=O) groups is 1. The highest BCUT2D eigenvalue weighted by molar-refractivity contribution is 7.09. The molecule has 3 aromatic rings. The molecule has 3 rings (SSSR count). The van der Waals surface area contributed by atoms with Crippen LogP contribution in [0, 0.1) is 6.92 Å². The molecule has 0 amide bonds. The van der Waals surface area contributed by atoms with Gasteiger partial charge in [0.1, 0.15) is 5.65 Å². The second-order valence-electron chi connectivity index (χ2n) is 4.62. The molecule has 108 valence electrons. The van der Waals surface area contributed by atoms with E-state index in [0.717, 1.165) is 10.6 Å². The molecular formula is C13H13N5O2S. The van der Waals surface area contributed by atoms with Crippen molar-refractivity contribution in [3.8, 4) is 0 Å². The second kappa shape index (κ2) is 5.13. The van der Waals surface area contributed by atoms with Crippen molar-refractivity contribution in [3.05, 3.63) is 40.2 Å². The molecule has 0 atom stereocenters. The molecule has 0 fully saturated rings. The Kier molecular flexibility index (Phi) is 3.30. The summed E-state index contributed by atoms with van der Waals surface area (Å²) in [5.74, 6) is -0.528. The van der Waals surface area contributed by atoms with Gasteiger partial charge in [0, 0.05) is 30.4 Å². The average Bonchev–Trinajstić information content (AvgIpc) is 3.06. The molecule has 0 saturated carbocycles. The van der Waals surface area contributed by atoms with Gasteiger partial charge in [0.2, 0.25) is 5.95 Å². The van der Waals surface area contributed by atoms with Crippen LogP contribution in [0.1, 0.15) is 21.1 Å². The molecule has 0 bridgehead atoms. The number of nitrogens with zero attached hydrogens (tertiary/aromatic N) is 5. The van der Waals surface area contributed by atoms with Crippen LogP contribution in [-0.2, 0) is 6.54 Å². The van der Waals surface area contributed by atoms with Gasteiger partial charge in [0.15, 0.2) is 5.69 Å². The Bertz CT molecular complexity index is 810. The lowest BCUT2D eigenvalue weighted by atomic mass is 10.3. The SMILES string of the molecule is Cc1ncsc1CN(C)c1nc(C(=O)O)cc2nccn12. The fourth-order valence-corrected chi connectivity index (χ4v) is 2.88. The molecule has 8 heteroatoms. The summed E-state index contributed by atoms with van der Waals surface area (Å²) in [7, 11) is 1.87. The number of hydrogen-bond acceptors (Lipinski definition) is 6. The molecular weight excluding hydrogens is 290 g/mol. The number of carboxylic acids is 1. The van der Waals surface area contributed by atoms with Gasteiger partial charge in [-0.05, 0) is 6.92 Å². The van der Waals surface area contributed by atoms with E-state index >= 15 is 0 Å². The molecule has 0 aliphatic heterocycles. The Balaban J connectivity index is 2.03. The average molecular weight is 303 g/mol. The van der Waals surface area contributed by atoms with Gasteiger partial charge in [-0.15, -0.1) is 11.3 Å². The number of rotatable bonds is 4. The first-order chi connectivity index (χ1) is 10.1. The van der Waals surface area contributed by atoms with E-state index in [1.54, 1.807) is 33.6 Å². The number of aromatic nitrogens is 4. The van der Waals surface area contributed by atoms with Crippen molar-refractivity contribution >= 4 is 28.9 Å². The maximum atomic E-state index is 11.2. The molecule has 7 nitrogen and oxygen atoms in total. The van der Waals surface area contributed by atoms with Gasteiger partial charge >= 0.3 is 5.97 Å². The Morgan fingerprint density at radius 1 is 1.48 bits per heavy atom. The summed E-state index contributed by atoms with van der Waals surface area (Å²) in [5, 5.41) is 9.16. The number of anilines is 1. The number of thiazole rings is 1. The van der Waals surface area contributed by atoms with Crippen LogP contribution >= 0.6 is 11.3 Å². The van der Waals surface area contributed by atoms with Crippen molar-refractivity contribution in [1.29, 1.82) is 0 Å². The highest BCUT2D eigenvalue weighted by Crippen LogP contribution is 2.20. The van der Waals surface area contributed by atoms with E-state index in [2.05, 4.69) is 15.0 Å². The van der Waals surface area contributed by atoms with Crippen LogP contribution in [0.4, 0.5) is 5.95 Å².